The first kappa shape index (κ1) is 19.7. The van der Waals surface area contributed by atoms with E-state index in [-0.39, 0.29) is 18.3 Å². The molecule has 4 rings (SSSR count). The number of anilines is 3. The molecular weight excluding hydrogens is 357 g/mol. The Morgan fingerprint density at radius 3 is 1.62 bits per heavy atom. The van der Waals surface area contributed by atoms with Crippen molar-refractivity contribution in [2.45, 2.75) is 45.8 Å². The van der Waals surface area contributed by atoms with Gasteiger partial charge in [-0.3, -0.25) is 0 Å². The summed E-state index contributed by atoms with van der Waals surface area (Å²) in [5.41, 5.74) is 4.81. The molecule has 0 radical (unpaired) electrons. The average Bonchev–Trinajstić information content (AvgIpc) is 2.92. The summed E-state index contributed by atoms with van der Waals surface area (Å²) >= 11 is 0. The summed E-state index contributed by atoms with van der Waals surface area (Å²) in [6.45, 7) is 10.5. The Balaban J connectivity index is 1.79. The lowest BCUT2D eigenvalue weighted by Crippen LogP contribution is -2.41. The van der Waals surface area contributed by atoms with E-state index in [0.717, 1.165) is 28.1 Å². The van der Waals surface area contributed by atoms with Gasteiger partial charge < -0.3 is 14.2 Å². The van der Waals surface area contributed by atoms with Crippen LogP contribution < -0.4 is 10.4 Å². The van der Waals surface area contributed by atoms with Gasteiger partial charge >= 0.3 is 7.12 Å². The fraction of sp³-hybridized carbons (Fsp3) is 0.280. The second-order valence-electron chi connectivity index (χ2n) is 8.64. The van der Waals surface area contributed by atoms with Gasteiger partial charge in [0, 0.05) is 17.1 Å². The van der Waals surface area contributed by atoms with Crippen LogP contribution in [-0.4, -0.2) is 18.3 Å². The lowest BCUT2D eigenvalue weighted by atomic mass is 9.76. The molecule has 3 aromatic rings. The van der Waals surface area contributed by atoms with Crippen molar-refractivity contribution in [3.05, 3.63) is 84.4 Å². The van der Waals surface area contributed by atoms with E-state index < -0.39 is 0 Å². The minimum absolute atomic E-state index is 0.362. The molecule has 1 aliphatic rings. The van der Waals surface area contributed by atoms with Crippen molar-refractivity contribution in [1.82, 2.24) is 0 Å². The molecule has 1 saturated heterocycles. The first-order chi connectivity index (χ1) is 13.8. The number of nitrogens with zero attached hydrogens (tertiary/aromatic N) is 1. The summed E-state index contributed by atoms with van der Waals surface area (Å²) in [5.74, 6) is 0. The maximum absolute atomic E-state index is 6.34. The zero-order valence-corrected chi connectivity index (χ0v) is 17.8. The van der Waals surface area contributed by atoms with Crippen LogP contribution in [0.2, 0.25) is 0 Å². The molecule has 0 saturated carbocycles. The predicted molar refractivity (Wildman–Crippen MR) is 122 cm³/mol. The van der Waals surface area contributed by atoms with Crippen molar-refractivity contribution in [2.75, 3.05) is 4.90 Å². The van der Waals surface area contributed by atoms with Crippen LogP contribution in [0.25, 0.3) is 0 Å². The normalized spacial score (nSPS) is 17.3. The van der Waals surface area contributed by atoms with Crippen LogP contribution in [0.4, 0.5) is 17.1 Å². The molecule has 29 heavy (non-hydrogen) atoms. The molecule has 148 valence electrons. The third-order valence-corrected chi connectivity index (χ3v) is 6.06. The van der Waals surface area contributed by atoms with Crippen molar-refractivity contribution in [1.29, 1.82) is 0 Å². The van der Waals surface area contributed by atoms with E-state index in [2.05, 4.69) is 106 Å². The number of benzene rings is 3. The van der Waals surface area contributed by atoms with Gasteiger partial charge in [-0.25, -0.2) is 0 Å². The highest BCUT2D eigenvalue weighted by Crippen LogP contribution is 2.38. The van der Waals surface area contributed by atoms with Crippen LogP contribution >= 0.6 is 0 Å². The van der Waals surface area contributed by atoms with Crippen LogP contribution in [0.5, 0.6) is 0 Å². The number of hydrogen-bond donors (Lipinski definition) is 0. The van der Waals surface area contributed by atoms with Crippen LogP contribution in [-0.2, 0) is 9.31 Å². The summed E-state index contributed by atoms with van der Waals surface area (Å²) in [4.78, 5) is 2.26. The third kappa shape index (κ3) is 3.70. The van der Waals surface area contributed by atoms with Crippen molar-refractivity contribution in [3.63, 3.8) is 0 Å². The molecule has 3 nitrogen and oxygen atoms in total. The molecule has 3 aromatic carbocycles. The van der Waals surface area contributed by atoms with Gasteiger partial charge in [-0.15, -0.1) is 0 Å². The Labute approximate surface area is 174 Å². The fourth-order valence-corrected chi connectivity index (χ4v) is 3.59. The molecule has 4 heteroatoms. The van der Waals surface area contributed by atoms with Gasteiger partial charge in [0.15, 0.2) is 0 Å². The van der Waals surface area contributed by atoms with E-state index in [1.54, 1.807) is 0 Å². The van der Waals surface area contributed by atoms with E-state index in [0.29, 0.717) is 0 Å². The minimum Gasteiger partial charge on any atom is -0.399 e. The molecule has 1 heterocycles. The Morgan fingerprint density at radius 2 is 1.14 bits per heavy atom. The zero-order chi connectivity index (χ0) is 20.6. The van der Waals surface area contributed by atoms with E-state index in [4.69, 9.17) is 9.31 Å². The Kier molecular flexibility index (Phi) is 5.01. The van der Waals surface area contributed by atoms with Gasteiger partial charge in [-0.05, 0) is 76.5 Å². The van der Waals surface area contributed by atoms with Gasteiger partial charge in [0.05, 0.1) is 11.2 Å². The monoisotopic (exact) mass is 385 g/mol. The summed E-state index contributed by atoms with van der Waals surface area (Å²) in [5, 5.41) is 0. The Bertz CT molecular complexity index is 931. The number of para-hydroxylation sites is 2. The number of aryl methyl sites for hydroxylation is 1. The van der Waals surface area contributed by atoms with Gasteiger partial charge in [0.1, 0.15) is 0 Å². The predicted octanol–water partition coefficient (Wildman–Crippen LogP) is 5.76. The van der Waals surface area contributed by atoms with E-state index in [1.807, 2.05) is 12.1 Å². The first-order valence-electron chi connectivity index (χ1n) is 10.1. The summed E-state index contributed by atoms with van der Waals surface area (Å²) in [6, 6.07) is 27.3. The molecule has 0 bridgehead atoms. The molecule has 0 atom stereocenters. The number of hydrogen-bond acceptors (Lipinski definition) is 3. The van der Waals surface area contributed by atoms with Crippen LogP contribution in [0.15, 0.2) is 78.9 Å². The van der Waals surface area contributed by atoms with E-state index >= 15 is 0 Å². The molecule has 0 N–H and O–H groups in total. The second-order valence-corrected chi connectivity index (χ2v) is 8.64. The minimum atomic E-state index is -0.381. The van der Waals surface area contributed by atoms with Crippen LogP contribution in [0, 0.1) is 6.92 Å². The largest absolute Gasteiger partial charge is 0.495 e. The van der Waals surface area contributed by atoms with Crippen LogP contribution in [0.3, 0.4) is 0 Å². The Hall–Kier alpha value is -2.56. The van der Waals surface area contributed by atoms with Crippen molar-refractivity contribution < 1.29 is 9.31 Å². The van der Waals surface area contributed by atoms with Crippen molar-refractivity contribution in [2.24, 2.45) is 0 Å². The van der Waals surface area contributed by atoms with Crippen LogP contribution in [0.1, 0.15) is 33.3 Å². The number of rotatable bonds is 4. The quantitative estimate of drug-likeness (QED) is 0.533. The van der Waals surface area contributed by atoms with Gasteiger partial charge in [0.25, 0.3) is 0 Å². The van der Waals surface area contributed by atoms with Gasteiger partial charge in [-0.1, -0.05) is 48.0 Å². The molecule has 1 fully saturated rings. The highest BCUT2D eigenvalue weighted by molar-refractivity contribution is 6.62. The summed E-state index contributed by atoms with van der Waals surface area (Å²) in [7, 11) is -0.381. The van der Waals surface area contributed by atoms with Gasteiger partial charge in [0.2, 0.25) is 0 Å². The zero-order valence-electron chi connectivity index (χ0n) is 17.8. The fourth-order valence-electron chi connectivity index (χ4n) is 3.59. The van der Waals surface area contributed by atoms with E-state index in [9.17, 15) is 0 Å². The lowest BCUT2D eigenvalue weighted by molar-refractivity contribution is 0.00578. The smallest absolute Gasteiger partial charge is 0.399 e. The standard InChI is InChI=1S/C25H28BNO2/c1-19-16-17-22(18-23(19)26-28-24(2,3)25(4,5)29-26)27(20-12-8-6-9-13-20)21-14-10-7-11-15-21/h6-18H,1-5H3. The molecule has 0 aromatic heterocycles. The van der Waals surface area contributed by atoms with Crippen molar-refractivity contribution >= 4 is 29.6 Å². The first-order valence-corrected chi connectivity index (χ1v) is 10.1. The summed E-state index contributed by atoms with van der Waals surface area (Å²) < 4.78 is 12.7. The molecule has 0 spiro atoms. The Morgan fingerprint density at radius 1 is 0.655 bits per heavy atom. The topological polar surface area (TPSA) is 21.7 Å². The highest BCUT2D eigenvalue weighted by atomic mass is 16.7. The molecular formula is C25H28BNO2. The third-order valence-electron chi connectivity index (χ3n) is 6.06. The van der Waals surface area contributed by atoms with Crippen molar-refractivity contribution in [3.8, 4) is 0 Å². The maximum atomic E-state index is 6.34. The molecule has 0 amide bonds. The maximum Gasteiger partial charge on any atom is 0.495 e. The average molecular weight is 385 g/mol. The lowest BCUT2D eigenvalue weighted by Gasteiger charge is -2.32. The molecule has 0 unspecified atom stereocenters. The molecule has 1 aliphatic heterocycles. The van der Waals surface area contributed by atoms with E-state index in [1.165, 1.54) is 0 Å². The molecule has 0 aliphatic carbocycles. The summed E-state index contributed by atoms with van der Waals surface area (Å²) in [6.07, 6.45) is 0. The second kappa shape index (κ2) is 7.36. The van der Waals surface area contributed by atoms with Gasteiger partial charge in [-0.2, -0.15) is 0 Å². The SMILES string of the molecule is Cc1ccc(N(c2ccccc2)c2ccccc2)cc1B1OC(C)(C)C(C)(C)O1. The highest BCUT2D eigenvalue weighted by Gasteiger charge is 2.52.